The third-order valence-electron chi connectivity index (χ3n) is 3.90. The van der Waals surface area contributed by atoms with Gasteiger partial charge in [0.05, 0.1) is 22.5 Å². The first-order valence-electron chi connectivity index (χ1n) is 7.71. The van der Waals surface area contributed by atoms with Gasteiger partial charge in [-0.25, -0.2) is 14.2 Å². The number of nitrogens with zero attached hydrogens (tertiary/aromatic N) is 3. The predicted octanol–water partition coefficient (Wildman–Crippen LogP) is 3.11. The Hall–Kier alpha value is -3.13. The van der Waals surface area contributed by atoms with E-state index in [1.54, 1.807) is 30.6 Å². The minimum absolute atomic E-state index is 0.122. The topological polar surface area (TPSA) is 73.6 Å². The van der Waals surface area contributed by atoms with Crippen molar-refractivity contribution in [2.45, 2.75) is 13.5 Å². The van der Waals surface area contributed by atoms with Crippen LogP contribution in [0.2, 0.25) is 0 Å². The Bertz CT molecular complexity index is 1220. The fourth-order valence-corrected chi connectivity index (χ4v) is 3.36. The SMILES string of the molecule is Cc1nc2cc(F)ccc2cc1C(=O)OCc1cc(=O)n2ccsc2n1. The number of carbonyl (C=O) groups is 1. The maximum Gasteiger partial charge on any atom is 0.340 e. The number of esters is 1. The summed E-state index contributed by atoms with van der Waals surface area (Å²) in [5.74, 6) is -0.963. The second-order valence-corrected chi connectivity index (χ2v) is 6.55. The van der Waals surface area contributed by atoms with Crippen molar-refractivity contribution in [3.63, 3.8) is 0 Å². The highest BCUT2D eigenvalue weighted by atomic mass is 32.1. The summed E-state index contributed by atoms with van der Waals surface area (Å²) in [5, 5.41) is 2.40. The highest BCUT2D eigenvalue weighted by Gasteiger charge is 2.14. The molecule has 0 amide bonds. The number of fused-ring (bicyclic) bond motifs is 2. The predicted molar refractivity (Wildman–Crippen MR) is 94.9 cm³/mol. The molecule has 0 fully saturated rings. The van der Waals surface area contributed by atoms with Gasteiger partial charge in [-0.05, 0) is 25.1 Å². The molecule has 0 aliphatic rings. The molecule has 0 aliphatic carbocycles. The number of thiazole rings is 1. The van der Waals surface area contributed by atoms with Crippen LogP contribution in [-0.4, -0.2) is 20.3 Å². The average molecular weight is 369 g/mol. The van der Waals surface area contributed by atoms with Crippen LogP contribution in [0, 0.1) is 12.7 Å². The lowest BCUT2D eigenvalue weighted by atomic mass is 10.1. The Morgan fingerprint density at radius 1 is 1.27 bits per heavy atom. The number of hydrogen-bond acceptors (Lipinski definition) is 6. The molecule has 3 aromatic heterocycles. The summed E-state index contributed by atoms with van der Waals surface area (Å²) < 4.78 is 20.0. The molecule has 130 valence electrons. The third kappa shape index (κ3) is 2.95. The van der Waals surface area contributed by atoms with E-state index in [0.29, 0.717) is 27.3 Å². The Balaban J connectivity index is 1.59. The zero-order valence-electron chi connectivity index (χ0n) is 13.6. The van der Waals surface area contributed by atoms with Crippen LogP contribution in [0.15, 0.2) is 46.7 Å². The molecule has 0 saturated carbocycles. The minimum atomic E-state index is -0.575. The van der Waals surface area contributed by atoms with Crippen LogP contribution in [0.1, 0.15) is 21.7 Å². The summed E-state index contributed by atoms with van der Waals surface area (Å²) in [5.41, 5.74) is 1.34. The van der Waals surface area contributed by atoms with Crippen LogP contribution in [0.25, 0.3) is 15.9 Å². The summed E-state index contributed by atoms with van der Waals surface area (Å²) in [6.07, 6.45) is 1.64. The summed E-state index contributed by atoms with van der Waals surface area (Å²) in [7, 11) is 0. The Kier molecular flexibility index (Phi) is 3.96. The number of pyridine rings is 1. The van der Waals surface area contributed by atoms with Gasteiger partial charge in [-0.15, -0.1) is 11.3 Å². The molecular formula is C18H12FN3O3S. The minimum Gasteiger partial charge on any atom is -0.456 e. The molecule has 8 heteroatoms. The van der Waals surface area contributed by atoms with Crippen molar-refractivity contribution >= 4 is 33.2 Å². The third-order valence-corrected chi connectivity index (χ3v) is 4.65. The molecule has 0 spiro atoms. The van der Waals surface area contributed by atoms with Gasteiger partial charge in [0, 0.05) is 29.1 Å². The van der Waals surface area contributed by atoms with Gasteiger partial charge in [0.2, 0.25) is 0 Å². The smallest absolute Gasteiger partial charge is 0.340 e. The van der Waals surface area contributed by atoms with Gasteiger partial charge in [0.15, 0.2) is 4.96 Å². The van der Waals surface area contributed by atoms with E-state index in [1.807, 2.05) is 0 Å². The molecule has 4 aromatic rings. The zero-order valence-corrected chi connectivity index (χ0v) is 14.4. The fraction of sp³-hybridized carbons (Fsp3) is 0.111. The molecule has 0 bridgehead atoms. The van der Waals surface area contributed by atoms with Crippen molar-refractivity contribution < 1.29 is 13.9 Å². The van der Waals surface area contributed by atoms with Crippen molar-refractivity contribution in [1.29, 1.82) is 0 Å². The standard InChI is InChI=1S/C18H12FN3O3S/c1-10-14(6-11-2-3-12(19)7-15(11)20-10)17(24)25-9-13-8-16(23)22-4-5-26-18(22)21-13/h2-8H,9H2,1H3. The molecule has 0 aliphatic heterocycles. The molecular weight excluding hydrogens is 357 g/mol. The van der Waals surface area contributed by atoms with E-state index in [1.165, 1.54) is 33.9 Å². The molecule has 0 radical (unpaired) electrons. The number of hydrogen-bond donors (Lipinski definition) is 0. The summed E-state index contributed by atoms with van der Waals surface area (Å²) in [6, 6.07) is 7.12. The number of halogens is 1. The van der Waals surface area contributed by atoms with Gasteiger partial charge < -0.3 is 4.74 Å². The lowest BCUT2D eigenvalue weighted by Gasteiger charge is -2.08. The zero-order chi connectivity index (χ0) is 18.3. The Morgan fingerprint density at radius 3 is 2.96 bits per heavy atom. The van der Waals surface area contributed by atoms with Crippen molar-refractivity contribution in [2.75, 3.05) is 0 Å². The van der Waals surface area contributed by atoms with Gasteiger partial charge in [0.1, 0.15) is 12.4 Å². The fourth-order valence-electron chi connectivity index (χ4n) is 2.62. The summed E-state index contributed by atoms with van der Waals surface area (Å²) in [6.45, 7) is 1.53. The van der Waals surface area contributed by atoms with Crippen molar-refractivity contribution in [3.05, 3.63) is 75.0 Å². The van der Waals surface area contributed by atoms with Crippen molar-refractivity contribution in [1.82, 2.24) is 14.4 Å². The van der Waals surface area contributed by atoms with E-state index in [9.17, 15) is 14.0 Å². The molecule has 0 saturated heterocycles. The van der Waals surface area contributed by atoms with E-state index in [4.69, 9.17) is 4.74 Å². The second-order valence-electron chi connectivity index (χ2n) is 5.68. The monoisotopic (exact) mass is 369 g/mol. The van der Waals surface area contributed by atoms with Crippen molar-refractivity contribution in [3.8, 4) is 0 Å². The van der Waals surface area contributed by atoms with Crippen LogP contribution >= 0.6 is 11.3 Å². The van der Waals surface area contributed by atoms with E-state index in [2.05, 4.69) is 9.97 Å². The van der Waals surface area contributed by atoms with Crippen LogP contribution < -0.4 is 5.56 Å². The molecule has 0 N–H and O–H groups in total. The van der Waals surface area contributed by atoms with Crippen LogP contribution in [0.4, 0.5) is 4.39 Å². The number of aromatic nitrogens is 3. The summed E-state index contributed by atoms with van der Waals surface area (Å²) in [4.78, 5) is 33.4. The Labute approximate surface area is 150 Å². The number of benzene rings is 1. The number of ether oxygens (including phenoxy) is 1. The first-order valence-corrected chi connectivity index (χ1v) is 8.59. The molecule has 0 unspecified atom stereocenters. The van der Waals surface area contributed by atoms with Crippen LogP contribution in [-0.2, 0) is 11.3 Å². The van der Waals surface area contributed by atoms with Gasteiger partial charge in [-0.2, -0.15) is 0 Å². The molecule has 6 nitrogen and oxygen atoms in total. The van der Waals surface area contributed by atoms with Gasteiger partial charge in [-0.1, -0.05) is 0 Å². The van der Waals surface area contributed by atoms with Gasteiger partial charge in [-0.3, -0.25) is 14.2 Å². The normalized spacial score (nSPS) is 11.2. The lowest BCUT2D eigenvalue weighted by Crippen LogP contribution is -2.15. The Morgan fingerprint density at radius 2 is 2.12 bits per heavy atom. The molecule has 26 heavy (non-hydrogen) atoms. The molecule has 4 rings (SSSR count). The first-order chi connectivity index (χ1) is 12.5. The van der Waals surface area contributed by atoms with Crippen LogP contribution in [0.3, 0.4) is 0 Å². The van der Waals surface area contributed by atoms with Crippen LogP contribution in [0.5, 0.6) is 0 Å². The molecule has 1 aromatic carbocycles. The van der Waals surface area contributed by atoms with Gasteiger partial charge in [0.25, 0.3) is 5.56 Å². The highest BCUT2D eigenvalue weighted by Crippen LogP contribution is 2.19. The average Bonchev–Trinajstić information content (AvgIpc) is 3.08. The highest BCUT2D eigenvalue weighted by molar-refractivity contribution is 7.15. The maximum atomic E-state index is 13.3. The first kappa shape index (κ1) is 16.3. The lowest BCUT2D eigenvalue weighted by molar-refractivity contribution is 0.0466. The summed E-state index contributed by atoms with van der Waals surface area (Å²) >= 11 is 1.32. The van der Waals surface area contributed by atoms with Gasteiger partial charge >= 0.3 is 5.97 Å². The van der Waals surface area contributed by atoms with E-state index >= 15 is 0 Å². The molecule has 0 atom stereocenters. The number of aryl methyl sites for hydroxylation is 1. The second kappa shape index (κ2) is 6.30. The van der Waals surface area contributed by atoms with E-state index in [0.717, 1.165) is 0 Å². The largest absolute Gasteiger partial charge is 0.456 e. The number of rotatable bonds is 3. The van der Waals surface area contributed by atoms with E-state index < -0.39 is 5.97 Å². The number of carbonyl (C=O) groups excluding carboxylic acids is 1. The maximum absolute atomic E-state index is 13.3. The van der Waals surface area contributed by atoms with E-state index in [-0.39, 0.29) is 23.5 Å². The van der Waals surface area contributed by atoms with Crippen molar-refractivity contribution in [2.24, 2.45) is 0 Å². The molecule has 3 heterocycles. The quantitative estimate of drug-likeness (QED) is 0.519.